The first kappa shape index (κ1) is 21.3. The topological polar surface area (TPSA) is 104 Å². The van der Waals surface area contributed by atoms with Crippen LogP contribution in [0.4, 0.5) is 0 Å². The summed E-state index contributed by atoms with van der Waals surface area (Å²) in [5.41, 5.74) is 1.16. The number of rotatable bonds is 11. The molecule has 0 aromatic rings. The Labute approximate surface area is 137 Å². The van der Waals surface area contributed by atoms with Gasteiger partial charge in [0.15, 0.2) is 0 Å². The maximum atomic E-state index is 11.9. The van der Waals surface area contributed by atoms with Crippen molar-refractivity contribution in [1.29, 1.82) is 0 Å². The first-order valence-electron chi connectivity index (χ1n) is 7.84. The Morgan fingerprint density at radius 3 is 2.35 bits per heavy atom. The third kappa shape index (κ3) is 9.15. The summed E-state index contributed by atoms with van der Waals surface area (Å²) < 4.78 is 5.07. The van der Waals surface area contributed by atoms with Crippen molar-refractivity contribution in [3.63, 3.8) is 0 Å². The zero-order valence-electron chi connectivity index (χ0n) is 14.2. The Hall–Kier alpha value is -1.66. The molecule has 0 aromatic heterocycles. The molecule has 0 saturated heterocycles. The van der Waals surface area contributed by atoms with Crippen LogP contribution in [-0.2, 0) is 14.3 Å². The molecule has 6 heteroatoms. The van der Waals surface area contributed by atoms with Crippen LogP contribution in [0.3, 0.4) is 0 Å². The molecule has 3 N–H and O–H groups in total. The van der Waals surface area contributed by atoms with Gasteiger partial charge in [0.2, 0.25) is 0 Å². The Balaban J connectivity index is 4.32. The smallest absolute Gasteiger partial charge is 0.333 e. The van der Waals surface area contributed by atoms with Crippen molar-refractivity contribution in [2.24, 2.45) is 0 Å². The van der Waals surface area contributed by atoms with E-state index in [4.69, 9.17) is 14.9 Å². The molecule has 0 spiro atoms. The fourth-order valence-electron chi connectivity index (χ4n) is 1.88. The molecule has 0 rings (SSSR count). The number of ether oxygens (including phenoxy) is 1. The van der Waals surface area contributed by atoms with Crippen LogP contribution in [0.5, 0.6) is 0 Å². The fraction of sp³-hybridized carbons (Fsp3) is 0.647. The Bertz CT molecular complexity index is 450. The number of aliphatic hydroxyl groups is 2. The molecular weight excluding hydrogens is 300 g/mol. The third-order valence-electron chi connectivity index (χ3n) is 3.67. The van der Waals surface area contributed by atoms with E-state index in [1.54, 1.807) is 13.8 Å². The van der Waals surface area contributed by atoms with E-state index in [9.17, 15) is 14.7 Å². The lowest BCUT2D eigenvalue weighted by Gasteiger charge is -2.14. The van der Waals surface area contributed by atoms with Crippen molar-refractivity contribution in [3.05, 3.63) is 22.8 Å². The Kier molecular flexibility index (Phi) is 11.0. The van der Waals surface area contributed by atoms with Crippen molar-refractivity contribution in [3.8, 4) is 0 Å². The largest absolute Gasteiger partial charge is 0.478 e. The van der Waals surface area contributed by atoms with Gasteiger partial charge in [-0.1, -0.05) is 18.9 Å². The molecule has 0 aromatic carbocycles. The van der Waals surface area contributed by atoms with Gasteiger partial charge in [0.25, 0.3) is 0 Å². The Morgan fingerprint density at radius 2 is 1.78 bits per heavy atom. The molecule has 23 heavy (non-hydrogen) atoms. The van der Waals surface area contributed by atoms with Gasteiger partial charge in [0.05, 0.1) is 12.7 Å². The van der Waals surface area contributed by atoms with E-state index >= 15 is 0 Å². The highest BCUT2D eigenvalue weighted by atomic mass is 16.5. The van der Waals surface area contributed by atoms with E-state index in [-0.39, 0.29) is 18.8 Å². The molecule has 0 aliphatic carbocycles. The fourth-order valence-corrected chi connectivity index (χ4v) is 1.88. The zero-order valence-corrected chi connectivity index (χ0v) is 14.2. The van der Waals surface area contributed by atoms with Gasteiger partial charge in [0, 0.05) is 24.2 Å². The molecule has 0 saturated carbocycles. The molecule has 1 atom stereocenters. The predicted octanol–water partition coefficient (Wildman–Crippen LogP) is 2.20. The predicted molar refractivity (Wildman–Crippen MR) is 86.9 cm³/mol. The molecule has 0 amide bonds. The van der Waals surface area contributed by atoms with Gasteiger partial charge < -0.3 is 20.1 Å². The number of esters is 1. The summed E-state index contributed by atoms with van der Waals surface area (Å²) in [6.45, 7) is 5.02. The van der Waals surface area contributed by atoms with Gasteiger partial charge in [-0.3, -0.25) is 0 Å². The minimum absolute atomic E-state index is 0.0979. The number of carboxylic acid groups (broad SMARTS) is 1. The highest BCUT2D eigenvalue weighted by Crippen LogP contribution is 2.16. The van der Waals surface area contributed by atoms with Gasteiger partial charge >= 0.3 is 11.9 Å². The van der Waals surface area contributed by atoms with Gasteiger partial charge in [-0.05, 0) is 39.2 Å². The van der Waals surface area contributed by atoms with Crippen LogP contribution in [0.15, 0.2) is 22.8 Å². The van der Waals surface area contributed by atoms with Crippen molar-refractivity contribution < 1.29 is 29.6 Å². The van der Waals surface area contributed by atoms with E-state index in [1.807, 2.05) is 0 Å². The lowest BCUT2D eigenvalue weighted by atomic mass is 10.0. The standard InChI is InChI=1S/C17H28O6/c1-12(16(20)21)8-7-11-23-17(22)14(3)13(2)15(19)9-5-4-6-10-18/h8,15,18-19H,4-7,9-11H2,1-3H3,(H,20,21). The lowest BCUT2D eigenvalue weighted by Crippen LogP contribution is -2.15. The average Bonchev–Trinajstić information content (AvgIpc) is 2.53. The zero-order chi connectivity index (χ0) is 17.8. The minimum Gasteiger partial charge on any atom is -0.478 e. The van der Waals surface area contributed by atoms with Crippen LogP contribution < -0.4 is 0 Å². The third-order valence-corrected chi connectivity index (χ3v) is 3.67. The lowest BCUT2D eigenvalue weighted by molar-refractivity contribution is -0.139. The van der Waals surface area contributed by atoms with Crippen LogP contribution in [0.2, 0.25) is 0 Å². The molecule has 0 radical (unpaired) electrons. The van der Waals surface area contributed by atoms with Crippen molar-refractivity contribution in [2.45, 2.75) is 59.0 Å². The van der Waals surface area contributed by atoms with Crippen LogP contribution in [0, 0.1) is 0 Å². The number of hydrogen-bond donors (Lipinski definition) is 3. The second-order valence-electron chi connectivity index (χ2n) is 5.51. The minimum atomic E-state index is -0.993. The molecule has 1 unspecified atom stereocenters. The summed E-state index contributed by atoms with van der Waals surface area (Å²) in [4.78, 5) is 22.5. The first-order chi connectivity index (χ1) is 10.8. The number of carboxylic acids is 1. The summed E-state index contributed by atoms with van der Waals surface area (Å²) in [5, 5.41) is 27.4. The molecule has 6 nitrogen and oxygen atoms in total. The summed E-state index contributed by atoms with van der Waals surface area (Å²) in [6, 6.07) is 0. The van der Waals surface area contributed by atoms with E-state index in [1.165, 1.54) is 13.0 Å². The quantitative estimate of drug-likeness (QED) is 0.305. The number of aliphatic hydroxyl groups excluding tert-OH is 2. The van der Waals surface area contributed by atoms with Crippen molar-refractivity contribution in [1.82, 2.24) is 0 Å². The first-order valence-corrected chi connectivity index (χ1v) is 7.84. The monoisotopic (exact) mass is 328 g/mol. The highest BCUT2D eigenvalue weighted by molar-refractivity contribution is 5.88. The molecule has 0 bridgehead atoms. The summed E-state index contributed by atoms with van der Waals surface area (Å²) in [5.74, 6) is -1.49. The number of unbranched alkanes of at least 4 members (excludes halogenated alkanes) is 2. The number of aliphatic carboxylic acids is 1. The van der Waals surface area contributed by atoms with Crippen LogP contribution in [0.25, 0.3) is 0 Å². The van der Waals surface area contributed by atoms with E-state index in [0.717, 1.165) is 12.8 Å². The summed E-state index contributed by atoms with van der Waals surface area (Å²) >= 11 is 0. The summed E-state index contributed by atoms with van der Waals surface area (Å²) in [7, 11) is 0. The van der Waals surface area contributed by atoms with E-state index in [0.29, 0.717) is 30.4 Å². The maximum absolute atomic E-state index is 11.9. The van der Waals surface area contributed by atoms with Crippen LogP contribution in [-0.4, -0.2) is 46.6 Å². The highest BCUT2D eigenvalue weighted by Gasteiger charge is 2.15. The number of carbonyl (C=O) groups excluding carboxylic acids is 1. The van der Waals surface area contributed by atoms with Gasteiger partial charge in [0.1, 0.15) is 0 Å². The molecule has 0 fully saturated rings. The molecule has 0 aliphatic heterocycles. The Morgan fingerprint density at radius 1 is 1.13 bits per heavy atom. The normalized spacial score (nSPS) is 14.2. The number of hydrogen-bond acceptors (Lipinski definition) is 5. The average molecular weight is 328 g/mol. The van der Waals surface area contributed by atoms with E-state index < -0.39 is 18.0 Å². The SMILES string of the molecule is CC(=CCCOC(=O)C(C)=C(C)C(O)CCCCCO)C(=O)O. The number of carbonyl (C=O) groups is 2. The maximum Gasteiger partial charge on any atom is 0.333 e. The van der Waals surface area contributed by atoms with Gasteiger partial charge in [-0.2, -0.15) is 0 Å². The van der Waals surface area contributed by atoms with Gasteiger partial charge in [-0.15, -0.1) is 0 Å². The molecule has 0 aliphatic rings. The summed E-state index contributed by atoms with van der Waals surface area (Å²) in [6.07, 6.45) is 3.99. The van der Waals surface area contributed by atoms with Gasteiger partial charge in [-0.25, -0.2) is 9.59 Å². The second kappa shape index (κ2) is 11.8. The second-order valence-corrected chi connectivity index (χ2v) is 5.51. The molecule has 132 valence electrons. The molecular formula is C17H28O6. The van der Waals surface area contributed by atoms with E-state index in [2.05, 4.69) is 0 Å². The van der Waals surface area contributed by atoms with Crippen LogP contribution >= 0.6 is 0 Å². The van der Waals surface area contributed by atoms with Crippen molar-refractivity contribution >= 4 is 11.9 Å². The van der Waals surface area contributed by atoms with Crippen molar-refractivity contribution in [2.75, 3.05) is 13.2 Å². The molecule has 0 heterocycles. The van der Waals surface area contributed by atoms with Crippen LogP contribution in [0.1, 0.15) is 52.9 Å².